The van der Waals surface area contributed by atoms with Gasteiger partial charge in [0.1, 0.15) is 0 Å². The number of benzene rings is 2. The number of amides is 1. The first kappa shape index (κ1) is 13.3. The summed E-state index contributed by atoms with van der Waals surface area (Å²) in [7, 11) is 0. The molecule has 3 N–H and O–H groups in total. The summed E-state index contributed by atoms with van der Waals surface area (Å²) in [4.78, 5) is 16.9. The van der Waals surface area contributed by atoms with Crippen LogP contribution in [0.4, 0.5) is 0 Å². The van der Waals surface area contributed by atoms with Gasteiger partial charge >= 0.3 is 0 Å². The summed E-state index contributed by atoms with van der Waals surface area (Å²) >= 11 is 0. The molecule has 0 unspecified atom stereocenters. The Morgan fingerprint density at radius 1 is 1.00 bits per heavy atom. The van der Waals surface area contributed by atoms with E-state index in [4.69, 9.17) is 10.6 Å². The Labute approximate surface area is 112 Å². The summed E-state index contributed by atoms with van der Waals surface area (Å²) in [5.41, 5.74) is 10.4. The molecule has 0 saturated heterocycles. The van der Waals surface area contributed by atoms with Crippen molar-refractivity contribution in [3.8, 4) is 0 Å². The minimum Gasteiger partial charge on any atom is -0.326 e. The van der Waals surface area contributed by atoms with Crippen LogP contribution in [0.15, 0.2) is 54.6 Å². The molecule has 0 aliphatic carbocycles. The summed E-state index contributed by atoms with van der Waals surface area (Å²) in [6.07, 6.45) is 0. The van der Waals surface area contributed by atoms with Crippen molar-refractivity contribution in [2.45, 2.75) is 13.2 Å². The molecule has 19 heavy (non-hydrogen) atoms. The molecule has 0 aliphatic rings. The van der Waals surface area contributed by atoms with Gasteiger partial charge in [-0.15, -0.1) is 0 Å². The van der Waals surface area contributed by atoms with Gasteiger partial charge in [-0.05, 0) is 23.3 Å². The Hall–Kier alpha value is -2.17. The normalized spacial score (nSPS) is 10.2. The zero-order valence-corrected chi connectivity index (χ0v) is 10.5. The van der Waals surface area contributed by atoms with Crippen molar-refractivity contribution < 1.29 is 9.63 Å². The minimum absolute atomic E-state index is 0.264. The number of carbonyl (C=O) groups excluding carboxylic acids is 1. The van der Waals surface area contributed by atoms with Crippen LogP contribution in [0.3, 0.4) is 0 Å². The van der Waals surface area contributed by atoms with E-state index in [9.17, 15) is 4.79 Å². The molecule has 0 bridgehead atoms. The largest absolute Gasteiger partial charge is 0.326 e. The van der Waals surface area contributed by atoms with Crippen molar-refractivity contribution in [3.05, 3.63) is 71.3 Å². The molecule has 98 valence electrons. The lowest BCUT2D eigenvalue weighted by Gasteiger charge is -2.06. The minimum atomic E-state index is -0.264. The molecule has 4 nitrogen and oxygen atoms in total. The van der Waals surface area contributed by atoms with Crippen LogP contribution in [0.2, 0.25) is 0 Å². The van der Waals surface area contributed by atoms with E-state index in [1.165, 1.54) is 0 Å². The molecule has 0 aromatic heterocycles. The lowest BCUT2D eigenvalue weighted by Crippen LogP contribution is -2.23. The molecule has 0 aliphatic heterocycles. The molecule has 1 amide bonds. The maximum Gasteiger partial charge on any atom is 0.274 e. The zero-order chi connectivity index (χ0) is 13.5. The Bertz CT molecular complexity index is 524. The number of rotatable bonds is 5. The summed E-state index contributed by atoms with van der Waals surface area (Å²) in [5.74, 6) is -0.264. The predicted octanol–water partition coefficient (Wildman–Crippen LogP) is 2.01. The molecule has 0 spiro atoms. The summed E-state index contributed by atoms with van der Waals surface area (Å²) in [6.45, 7) is 0.805. The van der Waals surface area contributed by atoms with Gasteiger partial charge in [-0.2, -0.15) is 0 Å². The maximum atomic E-state index is 11.8. The van der Waals surface area contributed by atoms with E-state index in [1.807, 2.05) is 42.5 Å². The first-order valence-electron chi connectivity index (χ1n) is 6.04. The van der Waals surface area contributed by atoms with Gasteiger partial charge < -0.3 is 5.73 Å². The van der Waals surface area contributed by atoms with E-state index in [1.54, 1.807) is 12.1 Å². The fourth-order valence-electron chi connectivity index (χ4n) is 1.61. The Balaban J connectivity index is 1.84. The average molecular weight is 256 g/mol. The molecule has 0 radical (unpaired) electrons. The number of hydroxylamine groups is 1. The first-order valence-corrected chi connectivity index (χ1v) is 6.04. The van der Waals surface area contributed by atoms with Gasteiger partial charge in [-0.25, -0.2) is 5.48 Å². The second kappa shape index (κ2) is 6.68. The maximum absolute atomic E-state index is 11.8. The second-order valence-electron chi connectivity index (χ2n) is 4.11. The predicted molar refractivity (Wildman–Crippen MR) is 73.0 cm³/mol. The van der Waals surface area contributed by atoms with Crippen LogP contribution < -0.4 is 11.2 Å². The van der Waals surface area contributed by atoms with Gasteiger partial charge in [-0.1, -0.05) is 42.5 Å². The third kappa shape index (κ3) is 3.91. The van der Waals surface area contributed by atoms with Crippen molar-refractivity contribution in [2.75, 3.05) is 0 Å². The number of nitrogens with one attached hydrogen (secondary N) is 1. The number of carbonyl (C=O) groups is 1. The lowest BCUT2D eigenvalue weighted by molar-refractivity contribution is 0.0233. The van der Waals surface area contributed by atoms with Crippen molar-refractivity contribution in [1.82, 2.24) is 5.48 Å². The standard InChI is InChI=1S/C15H16N2O2/c16-10-12-6-8-14(9-7-12)15(18)17-19-11-13-4-2-1-3-5-13/h1-9H,10-11,16H2,(H,17,18). The highest BCUT2D eigenvalue weighted by Crippen LogP contribution is 2.04. The van der Waals surface area contributed by atoms with Gasteiger partial charge in [0.15, 0.2) is 0 Å². The van der Waals surface area contributed by atoms with Gasteiger partial charge in [0.25, 0.3) is 5.91 Å². The highest BCUT2D eigenvalue weighted by atomic mass is 16.6. The molecule has 0 heterocycles. The second-order valence-corrected chi connectivity index (χ2v) is 4.11. The molecule has 4 heteroatoms. The summed E-state index contributed by atoms with van der Waals surface area (Å²) in [6, 6.07) is 16.7. The van der Waals surface area contributed by atoms with E-state index < -0.39 is 0 Å². The quantitative estimate of drug-likeness (QED) is 0.804. The zero-order valence-electron chi connectivity index (χ0n) is 10.5. The van der Waals surface area contributed by atoms with Crippen LogP contribution in [0, 0.1) is 0 Å². The molecule has 0 atom stereocenters. The van der Waals surface area contributed by atoms with Crippen molar-refractivity contribution in [2.24, 2.45) is 5.73 Å². The third-order valence-electron chi connectivity index (χ3n) is 2.70. The van der Waals surface area contributed by atoms with E-state index in [-0.39, 0.29) is 5.91 Å². The van der Waals surface area contributed by atoms with Crippen LogP contribution in [0.1, 0.15) is 21.5 Å². The monoisotopic (exact) mass is 256 g/mol. The Morgan fingerprint density at radius 3 is 2.32 bits per heavy atom. The third-order valence-corrected chi connectivity index (χ3v) is 2.70. The van der Waals surface area contributed by atoms with E-state index in [2.05, 4.69) is 5.48 Å². The van der Waals surface area contributed by atoms with Crippen molar-refractivity contribution >= 4 is 5.91 Å². The number of nitrogens with two attached hydrogens (primary N) is 1. The fourth-order valence-corrected chi connectivity index (χ4v) is 1.61. The van der Waals surface area contributed by atoms with Crippen LogP contribution in [0.5, 0.6) is 0 Å². The molecule has 2 rings (SSSR count). The van der Waals surface area contributed by atoms with Crippen molar-refractivity contribution in [3.63, 3.8) is 0 Å². The Morgan fingerprint density at radius 2 is 1.68 bits per heavy atom. The SMILES string of the molecule is NCc1ccc(C(=O)NOCc2ccccc2)cc1. The highest BCUT2D eigenvalue weighted by Gasteiger charge is 2.04. The van der Waals surface area contributed by atoms with Gasteiger partial charge in [-0.3, -0.25) is 9.63 Å². The van der Waals surface area contributed by atoms with Gasteiger partial charge in [0.2, 0.25) is 0 Å². The van der Waals surface area contributed by atoms with Gasteiger partial charge in [0.05, 0.1) is 6.61 Å². The van der Waals surface area contributed by atoms with E-state index in [0.717, 1.165) is 11.1 Å². The smallest absolute Gasteiger partial charge is 0.274 e. The van der Waals surface area contributed by atoms with E-state index in [0.29, 0.717) is 18.7 Å². The van der Waals surface area contributed by atoms with Crippen LogP contribution >= 0.6 is 0 Å². The fraction of sp³-hybridized carbons (Fsp3) is 0.133. The van der Waals surface area contributed by atoms with Gasteiger partial charge in [0, 0.05) is 12.1 Å². The lowest BCUT2D eigenvalue weighted by atomic mass is 10.1. The van der Waals surface area contributed by atoms with Crippen LogP contribution in [0.25, 0.3) is 0 Å². The summed E-state index contributed by atoms with van der Waals surface area (Å²) < 4.78 is 0. The molecule has 0 fully saturated rings. The van der Waals surface area contributed by atoms with Crippen LogP contribution in [-0.2, 0) is 18.0 Å². The number of hydrogen-bond acceptors (Lipinski definition) is 3. The molecule has 2 aromatic carbocycles. The number of hydrogen-bond donors (Lipinski definition) is 2. The Kier molecular flexibility index (Phi) is 4.66. The van der Waals surface area contributed by atoms with Crippen molar-refractivity contribution in [1.29, 1.82) is 0 Å². The molecule has 0 saturated carbocycles. The molecular weight excluding hydrogens is 240 g/mol. The molecule has 2 aromatic rings. The average Bonchev–Trinajstić information content (AvgIpc) is 2.48. The van der Waals surface area contributed by atoms with Crippen LogP contribution in [-0.4, -0.2) is 5.91 Å². The first-order chi connectivity index (χ1) is 9.29. The highest BCUT2D eigenvalue weighted by molar-refractivity contribution is 5.93. The molecular formula is C15H16N2O2. The summed E-state index contributed by atoms with van der Waals surface area (Å²) in [5, 5.41) is 0. The topological polar surface area (TPSA) is 64.4 Å². The van der Waals surface area contributed by atoms with E-state index >= 15 is 0 Å².